The zero-order chi connectivity index (χ0) is 11.0. The number of aromatic amines is 1. The molecule has 0 fully saturated rings. The first-order valence-corrected chi connectivity index (χ1v) is 5.03. The third-order valence-corrected chi connectivity index (χ3v) is 2.61. The fourth-order valence-electron chi connectivity index (χ4n) is 1.88. The quantitative estimate of drug-likeness (QED) is 0.658. The molecule has 3 heteroatoms. The summed E-state index contributed by atoms with van der Waals surface area (Å²) in [6.07, 6.45) is 3.02. The second-order valence-electron chi connectivity index (χ2n) is 3.58. The van der Waals surface area contributed by atoms with Crippen LogP contribution in [0.3, 0.4) is 0 Å². The van der Waals surface area contributed by atoms with Crippen LogP contribution < -0.4 is 0 Å². The molecule has 0 amide bonds. The molecule has 0 aliphatic rings. The number of nitrogens with zero attached hydrogens (tertiary/aromatic N) is 1. The summed E-state index contributed by atoms with van der Waals surface area (Å²) in [6.45, 7) is 0. The van der Waals surface area contributed by atoms with E-state index < -0.39 is 0 Å². The maximum atomic E-state index is 13.6. The summed E-state index contributed by atoms with van der Waals surface area (Å²) in [4.78, 5) is 6.90. The van der Waals surface area contributed by atoms with E-state index in [2.05, 4.69) is 9.97 Å². The van der Waals surface area contributed by atoms with Gasteiger partial charge in [0.05, 0.1) is 5.39 Å². The van der Waals surface area contributed by atoms with Crippen LogP contribution in [0.15, 0.2) is 48.8 Å². The first-order chi connectivity index (χ1) is 7.86. The Bertz CT molecular complexity index is 629. The number of hydrogen-bond donors (Lipinski definition) is 1. The van der Waals surface area contributed by atoms with Gasteiger partial charge in [-0.2, -0.15) is 0 Å². The van der Waals surface area contributed by atoms with Gasteiger partial charge in [0, 0.05) is 12.4 Å². The molecule has 2 aromatic heterocycles. The van der Waals surface area contributed by atoms with E-state index in [1.54, 1.807) is 6.20 Å². The van der Waals surface area contributed by atoms with E-state index >= 15 is 0 Å². The lowest BCUT2D eigenvalue weighted by molar-refractivity contribution is 0.639. The molecular formula is C13H9FN2. The molecule has 0 atom stereocenters. The van der Waals surface area contributed by atoms with E-state index in [4.69, 9.17) is 0 Å². The van der Waals surface area contributed by atoms with Crippen LogP contribution in [0.4, 0.5) is 4.39 Å². The van der Waals surface area contributed by atoms with Gasteiger partial charge in [-0.25, -0.2) is 9.37 Å². The van der Waals surface area contributed by atoms with Crippen molar-refractivity contribution in [2.75, 3.05) is 0 Å². The minimum Gasteiger partial charge on any atom is -0.343 e. The fraction of sp³-hybridized carbons (Fsp3) is 0. The number of rotatable bonds is 1. The van der Waals surface area contributed by atoms with E-state index in [0.29, 0.717) is 11.0 Å². The van der Waals surface area contributed by atoms with Gasteiger partial charge in [-0.05, 0) is 17.2 Å². The molecule has 1 N–H and O–H groups in total. The maximum Gasteiger partial charge on any atom is 0.150 e. The molecule has 0 aliphatic heterocycles. The standard InChI is InChI=1S/C13H9FN2/c14-11-8-16-13-12(11)10(6-7-15-13)9-4-2-1-3-5-9/h1-8H,(H,15,16). The van der Waals surface area contributed by atoms with Crippen molar-refractivity contribution in [3.05, 3.63) is 54.6 Å². The molecular weight excluding hydrogens is 203 g/mol. The summed E-state index contributed by atoms with van der Waals surface area (Å²) < 4.78 is 13.6. The monoisotopic (exact) mass is 212 g/mol. The van der Waals surface area contributed by atoms with Crippen LogP contribution in [-0.4, -0.2) is 9.97 Å². The highest BCUT2D eigenvalue weighted by Gasteiger charge is 2.10. The van der Waals surface area contributed by atoms with E-state index in [9.17, 15) is 4.39 Å². The van der Waals surface area contributed by atoms with Gasteiger partial charge in [-0.1, -0.05) is 30.3 Å². The van der Waals surface area contributed by atoms with Crippen LogP contribution in [0.1, 0.15) is 0 Å². The van der Waals surface area contributed by atoms with E-state index in [0.717, 1.165) is 11.1 Å². The second kappa shape index (κ2) is 3.45. The zero-order valence-corrected chi connectivity index (χ0v) is 8.44. The molecule has 3 aromatic rings. The molecule has 0 aliphatic carbocycles. The minimum atomic E-state index is -0.262. The van der Waals surface area contributed by atoms with Crippen molar-refractivity contribution in [3.63, 3.8) is 0 Å². The first-order valence-electron chi connectivity index (χ1n) is 5.03. The van der Waals surface area contributed by atoms with Crippen LogP contribution in [-0.2, 0) is 0 Å². The molecule has 16 heavy (non-hydrogen) atoms. The Labute approximate surface area is 91.8 Å². The molecule has 0 unspecified atom stereocenters. The number of fused-ring (bicyclic) bond motifs is 1. The number of aromatic nitrogens is 2. The Balaban J connectivity index is 2.36. The molecule has 2 heterocycles. The average molecular weight is 212 g/mol. The smallest absolute Gasteiger partial charge is 0.150 e. The Morgan fingerprint density at radius 1 is 1.06 bits per heavy atom. The lowest BCUT2D eigenvalue weighted by Gasteiger charge is -2.02. The van der Waals surface area contributed by atoms with Gasteiger partial charge >= 0.3 is 0 Å². The number of pyridine rings is 1. The number of hydrogen-bond acceptors (Lipinski definition) is 1. The summed E-state index contributed by atoms with van der Waals surface area (Å²) in [5, 5.41) is 0.550. The van der Waals surface area contributed by atoms with Crippen LogP contribution in [0, 0.1) is 5.82 Å². The number of H-pyrrole nitrogens is 1. The van der Waals surface area contributed by atoms with Crippen molar-refractivity contribution in [1.29, 1.82) is 0 Å². The molecule has 0 radical (unpaired) electrons. The Morgan fingerprint density at radius 3 is 2.69 bits per heavy atom. The number of benzene rings is 1. The van der Waals surface area contributed by atoms with Crippen molar-refractivity contribution < 1.29 is 4.39 Å². The SMILES string of the molecule is Fc1c[nH]c2nccc(-c3ccccc3)c12. The van der Waals surface area contributed by atoms with Crippen molar-refractivity contribution in [2.24, 2.45) is 0 Å². The first kappa shape index (κ1) is 9.09. The van der Waals surface area contributed by atoms with Gasteiger partial charge in [0.25, 0.3) is 0 Å². The third kappa shape index (κ3) is 1.29. The predicted octanol–water partition coefficient (Wildman–Crippen LogP) is 3.37. The maximum absolute atomic E-state index is 13.6. The molecule has 2 nitrogen and oxygen atoms in total. The van der Waals surface area contributed by atoms with Crippen LogP contribution >= 0.6 is 0 Å². The topological polar surface area (TPSA) is 28.7 Å². The van der Waals surface area contributed by atoms with Crippen LogP contribution in [0.25, 0.3) is 22.2 Å². The number of nitrogens with one attached hydrogen (secondary N) is 1. The van der Waals surface area contributed by atoms with Gasteiger partial charge in [0.1, 0.15) is 5.65 Å². The number of halogens is 1. The Kier molecular flexibility index (Phi) is 1.96. The van der Waals surface area contributed by atoms with Gasteiger partial charge in [0.2, 0.25) is 0 Å². The Hall–Kier alpha value is -2.16. The summed E-state index contributed by atoms with van der Waals surface area (Å²) >= 11 is 0. The second-order valence-corrected chi connectivity index (χ2v) is 3.58. The Morgan fingerprint density at radius 2 is 1.88 bits per heavy atom. The van der Waals surface area contributed by atoms with Gasteiger partial charge in [-0.3, -0.25) is 0 Å². The van der Waals surface area contributed by atoms with E-state index in [1.807, 2.05) is 36.4 Å². The molecule has 0 saturated heterocycles. The molecule has 1 aromatic carbocycles. The van der Waals surface area contributed by atoms with Crippen LogP contribution in [0.5, 0.6) is 0 Å². The molecule has 0 bridgehead atoms. The van der Waals surface area contributed by atoms with E-state index in [-0.39, 0.29) is 5.82 Å². The third-order valence-electron chi connectivity index (χ3n) is 2.61. The van der Waals surface area contributed by atoms with Crippen LogP contribution in [0.2, 0.25) is 0 Å². The van der Waals surface area contributed by atoms with Crippen molar-refractivity contribution >= 4 is 11.0 Å². The molecule has 0 saturated carbocycles. The lowest BCUT2D eigenvalue weighted by atomic mass is 10.0. The average Bonchev–Trinajstić information content (AvgIpc) is 2.73. The molecule has 0 spiro atoms. The largest absolute Gasteiger partial charge is 0.343 e. The minimum absolute atomic E-state index is 0.262. The summed E-state index contributed by atoms with van der Waals surface area (Å²) in [6, 6.07) is 11.6. The summed E-state index contributed by atoms with van der Waals surface area (Å²) in [5.74, 6) is -0.262. The van der Waals surface area contributed by atoms with E-state index in [1.165, 1.54) is 6.20 Å². The highest BCUT2D eigenvalue weighted by molar-refractivity contribution is 5.93. The van der Waals surface area contributed by atoms with Gasteiger partial charge in [0.15, 0.2) is 5.82 Å². The predicted molar refractivity (Wildman–Crippen MR) is 61.5 cm³/mol. The van der Waals surface area contributed by atoms with Gasteiger partial charge < -0.3 is 4.98 Å². The summed E-state index contributed by atoms with van der Waals surface area (Å²) in [7, 11) is 0. The lowest BCUT2D eigenvalue weighted by Crippen LogP contribution is -1.83. The molecule has 3 rings (SSSR count). The fourth-order valence-corrected chi connectivity index (χ4v) is 1.88. The normalized spacial score (nSPS) is 10.8. The molecule has 78 valence electrons. The van der Waals surface area contributed by atoms with Crippen molar-refractivity contribution in [3.8, 4) is 11.1 Å². The highest BCUT2D eigenvalue weighted by Crippen LogP contribution is 2.28. The zero-order valence-electron chi connectivity index (χ0n) is 8.44. The van der Waals surface area contributed by atoms with Crippen molar-refractivity contribution in [1.82, 2.24) is 9.97 Å². The summed E-state index contributed by atoms with van der Waals surface area (Å²) in [5.41, 5.74) is 2.44. The highest BCUT2D eigenvalue weighted by atomic mass is 19.1. The van der Waals surface area contributed by atoms with Crippen molar-refractivity contribution in [2.45, 2.75) is 0 Å². The van der Waals surface area contributed by atoms with Gasteiger partial charge in [-0.15, -0.1) is 0 Å².